The van der Waals surface area contributed by atoms with Crippen molar-refractivity contribution in [1.29, 1.82) is 0 Å². The van der Waals surface area contributed by atoms with E-state index in [0.717, 1.165) is 22.1 Å². The fourth-order valence-corrected chi connectivity index (χ4v) is 2.58. The van der Waals surface area contributed by atoms with Gasteiger partial charge in [0.15, 0.2) is 17.3 Å². The Bertz CT molecular complexity index is 957. The van der Waals surface area contributed by atoms with Crippen LogP contribution in [0, 0.1) is 0 Å². The van der Waals surface area contributed by atoms with Crippen molar-refractivity contribution < 1.29 is 19.4 Å². The monoisotopic (exact) mass is 334 g/mol. The first-order chi connectivity index (χ1) is 12.1. The molecule has 0 radical (unpaired) electrons. The number of hydrogen-bond acceptors (Lipinski definition) is 4. The van der Waals surface area contributed by atoms with E-state index in [2.05, 4.69) is 0 Å². The van der Waals surface area contributed by atoms with Crippen molar-refractivity contribution >= 4 is 22.6 Å². The van der Waals surface area contributed by atoms with Gasteiger partial charge in [-0.25, -0.2) is 0 Å². The lowest BCUT2D eigenvalue weighted by atomic mass is 10.0. The molecule has 0 saturated heterocycles. The van der Waals surface area contributed by atoms with Crippen LogP contribution in [-0.4, -0.2) is 25.1 Å². The first-order valence-electron chi connectivity index (χ1n) is 7.78. The van der Waals surface area contributed by atoms with E-state index in [1.54, 1.807) is 37.5 Å². The van der Waals surface area contributed by atoms with Gasteiger partial charge in [0, 0.05) is 5.56 Å². The van der Waals surface area contributed by atoms with Crippen molar-refractivity contribution in [2.24, 2.45) is 0 Å². The smallest absolute Gasteiger partial charge is 0.185 e. The summed E-state index contributed by atoms with van der Waals surface area (Å²) in [5.74, 6) is 1.11. The van der Waals surface area contributed by atoms with E-state index in [4.69, 9.17) is 9.47 Å². The first kappa shape index (κ1) is 16.6. The number of carbonyl (C=O) groups excluding carboxylic acids is 1. The zero-order chi connectivity index (χ0) is 17.8. The highest BCUT2D eigenvalue weighted by Crippen LogP contribution is 2.27. The Labute approximate surface area is 145 Å². The SMILES string of the molecule is COc1ccc2cc(C(=O)/C=C/c3ccc(OC)c(O)c3)ccc2c1. The maximum absolute atomic E-state index is 12.4. The summed E-state index contributed by atoms with van der Waals surface area (Å²) in [4.78, 5) is 12.4. The highest BCUT2D eigenvalue weighted by atomic mass is 16.5. The van der Waals surface area contributed by atoms with Crippen LogP contribution >= 0.6 is 0 Å². The summed E-state index contributed by atoms with van der Waals surface area (Å²) in [7, 11) is 3.12. The molecule has 0 amide bonds. The maximum atomic E-state index is 12.4. The Hall–Kier alpha value is -3.27. The summed E-state index contributed by atoms with van der Waals surface area (Å²) in [6, 6.07) is 16.3. The van der Waals surface area contributed by atoms with Gasteiger partial charge in [-0.2, -0.15) is 0 Å². The third-order valence-corrected chi connectivity index (χ3v) is 3.96. The largest absolute Gasteiger partial charge is 0.504 e. The number of allylic oxidation sites excluding steroid dienone is 1. The molecular formula is C21H18O4. The Morgan fingerprint density at radius 3 is 2.40 bits per heavy atom. The molecular weight excluding hydrogens is 316 g/mol. The summed E-state index contributed by atoms with van der Waals surface area (Å²) in [5.41, 5.74) is 1.32. The molecule has 3 rings (SSSR count). The van der Waals surface area contributed by atoms with Crippen LogP contribution in [0.4, 0.5) is 0 Å². The third kappa shape index (κ3) is 3.63. The molecule has 0 spiro atoms. The second-order valence-corrected chi connectivity index (χ2v) is 5.56. The van der Waals surface area contributed by atoms with Crippen molar-refractivity contribution in [1.82, 2.24) is 0 Å². The predicted octanol–water partition coefficient (Wildman–Crippen LogP) is 4.46. The van der Waals surface area contributed by atoms with Gasteiger partial charge in [-0.3, -0.25) is 4.79 Å². The first-order valence-corrected chi connectivity index (χ1v) is 7.78. The Morgan fingerprint density at radius 1 is 0.920 bits per heavy atom. The molecule has 0 unspecified atom stereocenters. The van der Waals surface area contributed by atoms with Gasteiger partial charge in [0.2, 0.25) is 0 Å². The van der Waals surface area contributed by atoms with Gasteiger partial charge in [-0.05, 0) is 52.7 Å². The maximum Gasteiger partial charge on any atom is 0.185 e. The van der Waals surface area contributed by atoms with Gasteiger partial charge in [-0.15, -0.1) is 0 Å². The highest BCUT2D eigenvalue weighted by molar-refractivity contribution is 6.08. The van der Waals surface area contributed by atoms with E-state index in [1.165, 1.54) is 13.2 Å². The zero-order valence-corrected chi connectivity index (χ0v) is 14.0. The Balaban J connectivity index is 1.83. The van der Waals surface area contributed by atoms with E-state index in [9.17, 15) is 9.90 Å². The number of fused-ring (bicyclic) bond motifs is 1. The van der Waals surface area contributed by atoms with Gasteiger partial charge < -0.3 is 14.6 Å². The van der Waals surface area contributed by atoms with Gasteiger partial charge in [0.1, 0.15) is 5.75 Å². The van der Waals surface area contributed by atoms with Crippen LogP contribution in [0.3, 0.4) is 0 Å². The van der Waals surface area contributed by atoms with E-state index in [0.29, 0.717) is 11.3 Å². The summed E-state index contributed by atoms with van der Waals surface area (Å²) in [5, 5.41) is 11.8. The average Bonchev–Trinajstić information content (AvgIpc) is 2.65. The summed E-state index contributed by atoms with van der Waals surface area (Å²) >= 11 is 0. The van der Waals surface area contributed by atoms with Crippen LogP contribution in [0.2, 0.25) is 0 Å². The van der Waals surface area contributed by atoms with E-state index in [1.807, 2.05) is 30.3 Å². The predicted molar refractivity (Wildman–Crippen MR) is 98.5 cm³/mol. The van der Waals surface area contributed by atoms with Crippen LogP contribution in [0.15, 0.2) is 60.7 Å². The van der Waals surface area contributed by atoms with Gasteiger partial charge >= 0.3 is 0 Å². The molecule has 3 aromatic carbocycles. The summed E-state index contributed by atoms with van der Waals surface area (Å²) in [6.45, 7) is 0. The van der Waals surface area contributed by atoms with E-state index in [-0.39, 0.29) is 11.5 Å². The van der Waals surface area contributed by atoms with Crippen molar-refractivity contribution in [3.8, 4) is 17.2 Å². The van der Waals surface area contributed by atoms with Gasteiger partial charge in [0.25, 0.3) is 0 Å². The number of ketones is 1. The molecule has 0 saturated carbocycles. The molecule has 3 aromatic rings. The number of rotatable bonds is 5. The van der Waals surface area contributed by atoms with Crippen molar-refractivity contribution in [3.63, 3.8) is 0 Å². The second-order valence-electron chi connectivity index (χ2n) is 5.56. The lowest BCUT2D eigenvalue weighted by Gasteiger charge is -2.04. The molecule has 0 fully saturated rings. The number of carbonyl (C=O) groups is 1. The molecule has 0 atom stereocenters. The molecule has 0 bridgehead atoms. The lowest BCUT2D eigenvalue weighted by Crippen LogP contribution is -1.94. The van der Waals surface area contributed by atoms with E-state index >= 15 is 0 Å². The molecule has 4 heteroatoms. The number of methoxy groups -OCH3 is 2. The van der Waals surface area contributed by atoms with E-state index < -0.39 is 0 Å². The number of benzene rings is 3. The van der Waals surface area contributed by atoms with Crippen LogP contribution in [0.25, 0.3) is 16.8 Å². The minimum absolute atomic E-state index is 0.0387. The third-order valence-electron chi connectivity index (χ3n) is 3.96. The number of ether oxygens (including phenoxy) is 2. The molecule has 25 heavy (non-hydrogen) atoms. The number of phenols is 1. The number of hydrogen-bond donors (Lipinski definition) is 1. The zero-order valence-electron chi connectivity index (χ0n) is 14.0. The quantitative estimate of drug-likeness (QED) is 0.553. The molecule has 4 nitrogen and oxygen atoms in total. The van der Waals surface area contributed by atoms with Crippen LogP contribution in [0.5, 0.6) is 17.2 Å². The topological polar surface area (TPSA) is 55.8 Å². The minimum Gasteiger partial charge on any atom is -0.504 e. The molecule has 0 aromatic heterocycles. The van der Waals surface area contributed by atoms with Crippen LogP contribution in [0.1, 0.15) is 15.9 Å². The highest BCUT2D eigenvalue weighted by Gasteiger charge is 2.05. The Kier molecular flexibility index (Phi) is 4.70. The summed E-state index contributed by atoms with van der Waals surface area (Å²) < 4.78 is 10.2. The molecule has 0 heterocycles. The molecule has 0 aliphatic heterocycles. The molecule has 0 aliphatic carbocycles. The van der Waals surface area contributed by atoms with Crippen LogP contribution < -0.4 is 9.47 Å². The lowest BCUT2D eigenvalue weighted by molar-refractivity contribution is 0.104. The summed E-state index contributed by atoms with van der Waals surface area (Å²) in [6.07, 6.45) is 3.16. The fraction of sp³-hybridized carbons (Fsp3) is 0.0952. The molecule has 1 N–H and O–H groups in total. The van der Waals surface area contributed by atoms with Crippen LogP contribution in [-0.2, 0) is 0 Å². The molecule has 0 aliphatic rings. The standard InChI is InChI=1S/C21H18O4/c1-24-18-8-7-15-12-17(6-5-16(15)13-18)19(22)9-3-14-4-10-21(25-2)20(23)11-14/h3-13,23H,1-2H3/b9-3+. The minimum atomic E-state index is -0.104. The molecule has 126 valence electrons. The van der Waals surface area contributed by atoms with Crippen molar-refractivity contribution in [3.05, 3.63) is 71.8 Å². The Morgan fingerprint density at radius 2 is 1.68 bits per heavy atom. The normalized spacial score (nSPS) is 11.0. The van der Waals surface area contributed by atoms with Gasteiger partial charge in [-0.1, -0.05) is 30.3 Å². The van der Waals surface area contributed by atoms with Gasteiger partial charge in [0.05, 0.1) is 14.2 Å². The van der Waals surface area contributed by atoms with Crippen molar-refractivity contribution in [2.45, 2.75) is 0 Å². The van der Waals surface area contributed by atoms with Crippen molar-refractivity contribution in [2.75, 3.05) is 14.2 Å². The number of phenolic OH excluding ortho intramolecular Hbond substituents is 1. The number of aromatic hydroxyl groups is 1. The average molecular weight is 334 g/mol. The fourth-order valence-electron chi connectivity index (χ4n) is 2.58. The second kappa shape index (κ2) is 7.09.